The third-order valence-electron chi connectivity index (χ3n) is 4.24. The van der Waals surface area contributed by atoms with Crippen LogP contribution in [0.4, 0.5) is 5.69 Å². The lowest BCUT2D eigenvalue weighted by Crippen LogP contribution is -2.30. The van der Waals surface area contributed by atoms with Gasteiger partial charge in [-0.3, -0.25) is 10.2 Å². The van der Waals surface area contributed by atoms with Crippen molar-refractivity contribution in [3.8, 4) is 5.75 Å². The summed E-state index contributed by atoms with van der Waals surface area (Å²) in [5.41, 5.74) is 5.72. The normalized spacial score (nSPS) is 10.5. The van der Waals surface area contributed by atoms with E-state index < -0.39 is 0 Å². The number of rotatable bonds is 9. The Kier molecular flexibility index (Phi) is 8.58. The number of benzene rings is 3. The maximum atomic E-state index is 11.9. The van der Waals surface area contributed by atoms with Crippen LogP contribution >= 0.6 is 12.2 Å². The van der Waals surface area contributed by atoms with Crippen LogP contribution < -0.4 is 20.8 Å². The van der Waals surface area contributed by atoms with Crippen molar-refractivity contribution < 1.29 is 9.53 Å². The predicted molar refractivity (Wildman–Crippen MR) is 128 cm³/mol. The Hall–Kier alpha value is -3.71. The van der Waals surface area contributed by atoms with E-state index in [1.54, 1.807) is 18.3 Å². The van der Waals surface area contributed by atoms with Gasteiger partial charge < -0.3 is 15.4 Å². The Bertz CT molecular complexity index is 993. The predicted octanol–water partition coefficient (Wildman–Crippen LogP) is 3.74. The van der Waals surface area contributed by atoms with Crippen LogP contribution in [-0.2, 0) is 11.2 Å². The van der Waals surface area contributed by atoms with E-state index in [4.69, 9.17) is 17.0 Å². The number of carbonyl (C=O) groups is 1. The maximum Gasteiger partial charge on any atom is 0.257 e. The van der Waals surface area contributed by atoms with E-state index in [1.165, 1.54) is 5.56 Å². The first-order chi connectivity index (χ1) is 15.2. The summed E-state index contributed by atoms with van der Waals surface area (Å²) in [5, 5.41) is 10.4. The highest BCUT2D eigenvalue weighted by Gasteiger charge is 2.03. The van der Waals surface area contributed by atoms with Crippen molar-refractivity contribution in [1.29, 1.82) is 0 Å². The van der Waals surface area contributed by atoms with Crippen molar-refractivity contribution in [2.24, 2.45) is 5.10 Å². The Morgan fingerprint density at radius 1 is 0.935 bits per heavy atom. The van der Waals surface area contributed by atoms with Gasteiger partial charge in [0.2, 0.25) is 0 Å². The number of amides is 1. The van der Waals surface area contributed by atoms with Gasteiger partial charge in [0.05, 0.1) is 6.21 Å². The Balaban J connectivity index is 1.35. The van der Waals surface area contributed by atoms with Gasteiger partial charge in [-0.25, -0.2) is 0 Å². The number of ether oxygens (including phenoxy) is 1. The summed E-state index contributed by atoms with van der Waals surface area (Å²) in [6, 6.07) is 26.9. The molecule has 0 bridgehead atoms. The molecule has 158 valence electrons. The van der Waals surface area contributed by atoms with Gasteiger partial charge in [0.25, 0.3) is 5.91 Å². The van der Waals surface area contributed by atoms with E-state index in [9.17, 15) is 4.79 Å². The molecule has 0 saturated heterocycles. The van der Waals surface area contributed by atoms with Crippen molar-refractivity contribution in [3.05, 3.63) is 96.1 Å². The summed E-state index contributed by atoms with van der Waals surface area (Å²) in [7, 11) is 0. The molecule has 31 heavy (non-hydrogen) atoms. The number of nitrogens with zero attached hydrogens (tertiary/aromatic N) is 1. The molecule has 7 heteroatoms. The lowest BCUT2D eigenvalue weighted by molar-refractivity contribution is -0.123. The van der Waals surface area contributed by atoms with Crippen molar-refractivity contribution in [2.75, 3.05) is 18.5 Å². The molecule has 0 unspecified atom stereocenters. The minimum Gasteiger partial charge on any atom is -0.484 e. The minimum absolute atomic E-state index is 0.0246. The number of nitrogens with one attached hydrogen (secondary N) is 3. The van der Waals surface area contributed by atoms with E-state index in [-0.39, 0.29) is 12.5 Å². The van der Waals surface area contributed by atoms with Crippen LogP contribution in [0.2, 0.25) is 0 Å². The third-order valence-corrected chi connectivity index (χ3v) is 4.43. The smallest absolute Gasteiger partial charge is 0.257 e. The summed E-state index contributed by atoms with van der Waals surface area (Å²) in [6.07, 6.45) is 2.44. The van der Waals surface area contributed by atoms with Crippen molar-refractivity contribution in [1.82, 2.24) is 10.7 Å². The van der Waals surface area contributed by atoms with Crippen LogP contribution in [0.15, 0.2) is 90.0 Å². The molecule has 3 rings (SSSR count). The highest BCUT2D eigenvalue weighted by atomic mass is 32.1. The first-order valence-corrected chi connectivity index (χ1v) is 10.3. The molecular formula is C24H24N4O2S. The molecule has 0 atom stereocenters. The molecule has 0 saturated carbocycles. The molecule has 0 spiro atoms. The van der Waals surface area contributed by atoms with Crippen molar-refractivity contribution in [3.63, 3.8) is 0 Å². The van der Waals surface area contributed by atoms with Gasteiger partial charge in [0.15, 0.2) is 11.7 Å². The molecule has 0 aliphatic carbocycles. The van der Waals surface area contributed by atoms with E-state index in [1.807, 2.05) is 72.8 Å². The standard InChI is InChI=1S/C24H24N4O2S/c29-23(25-16-15-19-7-3-1-4-8-19)18-30-22-13-11-20(12-14-22)17-26-28-24(31)27-21-9-5-2-6-10-21/h1-14,17H,15-16,18H2,(H,25,29)(H2,27,28,31)/b26-17-. The van der Waals surface area contributed by atoms with Gasteiger partial charge in [-0.05, 0) is 66.2 Å². The van der Waals surface area contributed by atoms with Crippen LogP contribution in [0, 0.1) is 0 Å². The van der Waals surface area contributed by atoms with Gasteiger partial charge in [-0.1, -0.05) is 48.5 Å². The molecule has 0 aliphatic rings. The first kappa shape index (κ1) is 22.0. The molecular weight excluding hydrogens is 408 g/mol. The molecule has 3 aromatic rings. The van der Waals surface area contributed by atoms with Crippen molar-refractivity contribution in [2.45, 2.75) is 6.42 Å². The summed E-state index contributed by atoms with van der Waals surface area (Å²) in [6.45, 7) is 0.554. The molecule has 0 radical (unpaired) electrons. The quantitative estimate of drug-likeness (QED) is 0.273. The number of anilines is 1. The summed E-state index contributed by atoms with van der Waals surface area (Å²) in [5.74, 6) is 0.467. The summed E-state index contributed by atoms with van der Waals surface area (Å²) < 4.78 is 5.53. The second kappa shape index (κ2) is 12.1. The van der Waals surface area contributed by atoms with Crippen LogP contribution in [-0.4, -0.2) is 30.4 Å². The van der Waals surface area contributed by atoms with Crippen LogP contribution in [0.25, 0.3) is 0 Å². The van der Waals surface area contributed by atoms with Gasteiger partial charge in [0.1, 0.15) is 5.75 Å². The molecule has 0 fully saturated rings. The number of thiocarbonyl (C=S) groups is 1. The van der Waals surface area contributed by atoms with Crippen molar-refractivity contribution >= 4 is 35.1 Å². The van der Waals surface area contributed by atoms with E-state index in [0.29, 0.717) is 17.4 Å². The molecule has 0 aliphatic heterocycles. The third kappa shape index (κ3) is 8.28. The number of hydrazone groups is 1. The van der Waals surface area contributed by atoms with Crippen LogP contribution in [0.5, 0.6) is 5.75 Å². The zero-order chi connectivity index (χ0) is 21.7. The lowest BCUT2D eigenvalue weighted by Gasteiger charge is -2.08. The zero-order valence-electron chi connectivity index (χ0n) is 17.0. The highest BCUT2D eigenvalue weighted by Crippen LogP contribution is 2.11. The fourth-order valence-electron chi connectivity index (χ4n) is 2.69. The molecule has 0 heterocycles. The number of hydrogen-bond donors (Lipinski definition) is 3. The van der Waals surface area contributed by atoms with Gasteiger partial charge >= 0.3 is 0 Å². The average molecular weight is 433 g/mol. The van der Waals surface area contributed by atoms with Gasteiger partial charge in [-0.15, -0.1) is 0 Å². The number of para-hydroxylation sites is 1. The lowest BCUT2D eigenvalue weighted by atomic mass is 10.1. The van der Waals surface area contributed by atoms with Gasteiger partial charge in [-0.2, -0.15) is 5.10 Å². The molecule has 3 aromatic carbocycles. The van der Waals surface area contributed by atoms with E-state index in [2.05, 4.69) is 21.2 Å². The van der Waals surface area contributed by atoms with E-state index >= 15 is 0 Å². The molecule has 1 amide bonds. The summed E-state index contributed by atoms with van der Waals surface area (Å²) >= 11 is 5.20. The average Bonchev–Trinajstić information content (AvgIpc) is 2.80. The van der Waals surface area contributed by atoms with Gasteiger partial charge in [0, 0.05) is 12.2 Å². The molecule has 3 N–H and O–H groups in total. The Morgan fingerprint density at radius 3 is 2.32 bits per heavy atom. The first-order valence-electron chi connectivity index (χ1n) is 9.87. The van der Waals surface area contributed by atoms with Crippen LogP contribution in [0.3, 0.4) is 0 Å². The fraction of sp³-hybridized carbons (Fsp3) is 0.125. The molecule has 0 aromatic heterocycles. The summed E-state index contributed by atoms with van der Waals surface area (Å²) in [4.78, 5) is 11.9. The Morgan fingerprint density at radius 2 is 1.61 bits per heavy atom. The number of hydrogen-bond acceptors (Lipinski definition) is 4. The zero-order valence-corrected chi connectivity index (χ0v) is 17.8. The van der Waals surface area contributed by atoms with E-state index in [0.717, 1.165) is 17.7 Å². The molecule has 6 nitrogen and oxygen atoms in total. The SMILES string of the molecule is O=C(COc1ccc(/C=N\NC(=S)Nc2ccccc2)cc1)NCCc1ccccc1. The van der Waals surface area contributed by atoms with Crippen LogP contribution in [0.1, 0.15) is 11.1 Å². The minimum atomic E-state index is -0.148. The highest BCUT2D eigenvalue weighted by molar-refractivity contribution is 7.80. The second-order valence-corrected chi connectivity index (χ2v) is 7.04. The maximum absolute atomic E-state index is 11.9. The Labute approximate surface area is 187 Å². The monoisotopic (exact) mass is 432 g/mol. The largest absolute Gasteiger partial charge is 0.484 e. The topological polar surface area (TPSA) is 74.8 Å². The second-order valence-electron chi connectivity index (χ2n) is 6.63. The number of carbonyl (C=O) groups excluding carboxylic acids is 1. The fourth-order valence-corrected chi connectivity index (χ4v) is 2.86.